The van der Waals surface area contributed by atoms with Crippen LogP contribution in [0.25, 0.3) is 0 Å². The van der Waals surface area contributed by atoms with E-state index in [1.54, 1.807) is 0 Å². The highest BCUT2D eigenvalue weighted by atomic mass is 31.2. The molecule has 0 aliphatic carbocycles. The lowest BCUT2D eigenvalue weighted by atomic mass is 10.0. The summed E-state index contributed by atoms with van der Waals surface area (Å²) < 4.78 is 38.3. The first-order chi connectivity index (χ1) is 27.2. The molecule has 322 valence electrons. The lowest BCUT2D eigenvalue weighted by Crippen LogP contribution is -2.29. The fraction of sp³-hybridized carbons (Fsp3) is 0.727. The maximum atomic E-state index is 12.6. The summed E-state index contributed by atoms with van der Waals surface area (Å²) in [4.78, 5) is 34.9. The number of phosphoric acid groups is 1. The third-order valence-corrected chi connectivity index (χ3v) is 10.1. The molecule has 1 heterocycles. The van der Waals surface area contributed by atoms with Gasteiger partial charge in [-0.05, 0) is 51.4 Å². The Bertz CT molecular complexity index is 1180. The minimum absolute atomic E-state index is 0.0548. The van der Waals surface area contributed by atoms with Gasteiger partial charge in [-0.2, -0.15) is 0 Å². The fourth-order valence-corrected chi connectivity index (χ4v) is 6.50. The highest BCUT2D eigenvalue weighted by Gasteiger charge is 2.36. The largest absolute Gasteiger partial charge is 0.472 e. The Morgan fingerprint density at radius 1 is 0.643 bits per heavy atom. The van der Waals surface area contributed by atoms with Crippen molar-refractivity contribution >= 4 is 19.8 Å². The van der Waals surface area contributed by atoms with Crippen LogP contribution in [0.1, 0.15) is 155 Å². The smallest absolute Gasteiger partial charge is 0.462 e. The molecule has 1 fully saturated rings. The number of aliphatic hydroxyl groups excluding tert-OH is 2. The van der Waals surface area contributed by atoms with E-state index in [2.05, 4.69) is 67.0 Å². The third-order valence-electron chi connectivity index (χ3n) is 9.10. The number of aliphatic hydroxyl groups is 2. The highest BCUT2D eigenvalue weighted by Crippen LogP contribution is 2.43. The maximum absolute atomic E-state index is 12.6. The summed E-state index contributed by atoms with van der Waals surface area (Å²) in [5.74, 6) is -1.03. The van der Waals surface area contributed by atoms with Crippen LogP contribution in [0, 0.1) is 0 Å². The van der Waals surface area contributed by atoms with Gasteiger partial charge in [0.1, 0.15) is 12.7 Å². The quantitative estimate of drug-likeness (QED) is 0.0179. The predicted molar refractivity (Wildman–Crippen MR) is 223 cm³/mol. The number of carbonyl (C=O) groups excluding carboxylic acids is 2. The second kappa shape index (κ2) is 35.8. The Kier molecular flexibility index (Phi) is 33.0. The number of unbranched alkanes of at least 4 members (excludes halogenated alkanes) is 12. The molecule has 1 saturated heterocycles. The molecule has 3 unspecified atom stereocenters. The van der Waals surface area contributed by atoms with E-state index in [0.717, 1.165) is 57.8 Å². The number of carbonyl (C=O) groups is 2. The number of ether oxygens (including phenoxy) is 3. The van der Waals surface area contributed by atoms with Crippen LogP contribution < -0.4 is 0 Å². The molecule has 0 aromatic heterocycles. The standard InChI is InChI=1S/C44H75O11P/c1-3-5-7-8-9-10-11-12-16-19-22-25-29-33-43(47)51-37-40(38-53-56(49,50)52-36-39(46)35-45)54-44(48)34-30-26-23-20-17-14-13-15-18-21-24-28-32-42-41(55-42)31-27-6-4-2/h6,14-15,17-18,23-24,26-28,39-42,45-46H,3-5,7-13,16,19-22,25,29-38H2,1-2H3,(H,49,50)/b17-14-,18-15-,26-23-,27-6-,28-24-/t39-,40+,41?,42?/m0/s1. The van der Waals surface area contributed by atoms with Gasteiger partial charge in [0.15, 0.2) is 6.10 Å². The minimum Gasteiger partial charge on any atom is -0.462 e. The molecule has 12 heteroatoms. The number of esters is 2. The molecule has 0 bridgehead atoms. The molecular weight excluding hydrogens is 735 g/mol. The van der Waals surface area contributed by atoms with Crippen LogP contribution in [0.2, 0.25) is 0 Å². The Labute approximate surface area is 338 Å². The van der Waals surface area contributed by atoms with Crippen LogP contribution in [0.5, 0.6) is 0 Å². The predicted octanol–water partition coefficient (Wildman–Crippen LogP) is 10.1. The molecule has 0 amide bonds. The van der Waals surface area contributed by atoms with Gasteiger partial charge in [-0.3, -0.25) is 18.6 Å². The van der Waals surface area contributed by atoms with E-state index in [-0.39, 0.29) is 19.4 Å². The van der Waals surface area contributed by atoms with Crippen LogP contribution in [0.3, 0.4) is 0 Å². The molecule has 0 aromatic carbocycles. The van der Waals surface area contributed by atoms with Gasteiger partial charge in [-0.15, -0.1) is 0 Å². The Hall–Kier alpha value is -2.37. The summed E-state index contributed by atoms with van der Waals surface area (Å²) in [7, 11) is -4.64. The summed E-state index contributed by atoms with van der Waals surface area (Å²) in [6.07, 6.45) is 41.0. The molecule has 1 aliphatic heterocycles. The normalized spacial score (nSPS) is 18.1. The number of epoxide rings is 1. The first-order valence-electron chi connectivity index (χ1n) is 21.4. The zero-order valence-corrected chi connectivity index (χ0v) is 35.4. The second-order valence-electron chi connectivity index (χ2n) is 14.4. The van der Waals surface area contributed by atoms with E-state index in [1.165, 1.54) is 57.8 Å². The summed E-state index contributed by atoms with van der Waals surface area (Å²) in [5, 5.41) is 18.3. The highest BCUT2D eigenvalue weighted by molar-refractivity contribution is 7.47. The maximum Gasteiger partial charge on any atom is 0.472 e. The van der Waals surface area contributed by atoms with Crippen LogP contribution in [-0.2, 0) is 37.4 Å². The first kappa shape index (κ1) is 51.6. The van der Waals surface area contributed by atoms with Crippen LogP contribution in [0.15, 0.2) is 60.8 Å². The average Bonchev–Trinajstić information content (AvgIpc) is 3.94. The van der Waals surface area contributed by atoms with Crippen molar-refractivity contribution in [3.8, 4) is 0 Å². The monoisotopic (exact) mass is 811 g/mol. The molecule has 0 radical (unpaired) electrons. The van der Waals surface area contributed by atoms with Crippen molar-refractivity contribution in [2.45, 2.75) is 180 Å². The Balaban J connectivity index is 2.31. The van der Waals surface area contributed by atoms with E-state index < -0.39 is 51.8 Å². The molecule has 56 heavy (non-hydrogen) atoms. The zero-order chi connectivity index (χ0) is 41.0. The average molecular weight is 811 g/mol. The molecule has 3 N–H and O–H groups in total. The molecule has 0 spiro atoms. The van der Waals surface area contributed by atoms with Crippen LogP contribution in [-0.4, -0.2) is 77.9 Å². The van der Waals surface area contributed by atoms with Crippen molar-refractivity contribution in [2.24, 2.45) is 0 Å². The minimum atomic E-state index is -4.64. The summed E-state index contributed by atoms with van der Waals surface area (Å²) in [5.41, 5.74) is 0. The van der Waals surface area contributed by atoms with Gasteiger partial charge in [-0.1, -0.05) is 152 Å². The fourth-order valence-electron chi connectivity index (χ4n) is 5.71. The lowest BCUT2D eigenvalue weighted by Gasteiger charge is -2.20. The molecule has 0 saturated carbocycles. The van der Waals surface area contributed by atoms with Gasteiger partial charge < -0.3 is 29.3 Å². The van der Waals surface area contributed by atoms with Crippen LogP contribution in [0.4, 0.5) is 0 Å². The topological polar surface area (TPSA) is 161 Å². The number of hydrogen-bond acceptors (Lipinski definition) is 10. The van der Waals surface area contributed by atoms with Crippen molar-refractivity contribution in [1.82, 2.24) is 0 Å². The summed E-state index contributed by atoms with van der Waals surface area (Å²) in [6, 6.07) is 0. The van der Waals surface area contributed by atoms with Crippen LogP contribution >= 0.6 is 7.82 Å². The van der Waals surface area contributed by atoms with Crippen molar-refractivity contribution in [1.29, 1.82) is 0 Å². The second-order valence-corrected chi connectivity index (χ2v) is 15.8. The molecule has 1 aliphatic rings. The van der Waals surface area contributed by atoms with Crippen molar-refractivity contribution in [3.05, 3.63) is 60.8 Å². The van der Waals surface area contributed by atoms with Gasteiger partial charge in [0.25, 0.3) is 0 Å². The van der Waals surface area contributed by atoms with E-state index in [9.17, 15) is 24.2 Å². The molecule has 5 atom stereocenters. The number of rotatable bonds is 38. The van der Waals surface area contributed by atoms with Gasteiger partial charge >= 0.3 is 19.8 Å². The Morgan fingerprint density at radius 3 is 1.70 bits per heavy atom. The summed E-state index contributed by atoms with van der Waals surface area (Å²) >= 11 is 0. The number of phosphoric ester groups is 1. The van der Waals surface area contributed by atoms with Crippen molar-refractivity contribution in [3.63, 3.8) is 0 Å². The van der Waals surface area contributed by atoms with Gasteiger partial charge in [-0.25, -0.2) is 4.57 Å². The van der Waals surface area contributed by atoms with E-state index in [0.29, 0.717) is 25.0 Å². The van der Waals surface area contributed by atoms with Crippen molar-refractivity contribution < 1.29 is 52.5 Å². The molecule has 0 aromatic rings. The molecule has 11 nitrogen and oxygen atoms in total. The number of allylic oxidation sites excluding steroid dienone is 8. The Morgan fingerprint density at radius 2 is 1.14 bits per heavy atom. The molecular formula is C44H75O11P. The van der Waals surface area contributed by atoms with Gasteiger partial charge in [0, 0.05) is 12.8 Å². The third kappa shape index (κ3) is 32.7. The zero-order valence-electron chi connectivity index (χ0n) is 34.5. The number of hydrogen-bond donors (Lipinski definition) is 3. The van der Waals surface area contributed by atoms with Gasteiger partial charge in [0.05, 0.1) is 32.0 Å². The van der Waals surface area contributed by atoms with E-state index in [4.69, 9.17) is 23.8 Å². The van der Waals surface area contributed by atoms with E-state index >= 15 is 0 Å². The summed E-state index contributed by atoms with van der Waals surface area (Å²) in [6.45, 7) is 2.16. The van der Waals surface area contributed by atoms with E-state index in [1.807, 2.05) is 12.2 Å². The van der Waals surface area contributed by atoms with Crippen molar-refractivity contribution in [2.75, 3.05) is 26.4 Å². The van der Waals surface area contributed by atoms with Gasteiger partial charge in [0.2, 0.25) is 0 Å². The lowest BCUT2D eigenvalue weighted by molar-refractivity contribution is -0.161. The molecule has 1 rings (SSSR count). The SMILES string of the molecule is CC/C=C\CC1OC1C/C=C\C/C=C\C/C=C\C/C=C\CCC(=O)O[C@H](COC(=O)CCCCCCCCCCCCCCC)COP(=O)(O)OC[C@@H](O)CO. The first-order valence-corrected chi connectivity index (χ1v) is 22.9.